The average Bonchev–Trinajstić information content (AvgIpc) is 3.38. The number of aryl methyl sites for hydroxylation is 1. The molecule has 74 heavy (non-hydrogen) atoms. The van der Waals surface area contributed by atoms with E-state index in [1.165, 1.54) is 112 Å². The maximum absolute atomic E-state index is 2.69. The minimum Gasteiger partial charge on any atom is -0.311 e. The molecule has 2 heterocycles. The minimum absolute atomic E-state index is 0.00886. The van der Waals surface area contributed by atoms with Crippen LogP contribution in [0.2, 0.25) is 0 Å². The van der Waals surface area contributed by atoms with Gasteiger partial charge in [-0.2, -0.15) is 0 Å². The smallest absolute Gasteiger partial charge is 0.252 e. The minimum atomic E-state index is -0.242. The molecule has 0 saturated heterocycles. The van der Waals surface area contributed by atoms with Crippen molar-refractivity contribution in [3.63, 3.8) is 0 Å². The van der Waals surface area contributed by atoms with Gasteiger partial charge in [-0.05, 0) is 162 Å². The van der Waals surface area contributed by atoms with E-state index in [1.807, 2.05) is 0 Å². The Morgan fingerprint density at radius 1 is 0.392 bits per heavy atom. The highest BCUT2D eigenvalue weighted by molar-refractivity contribution is 7.00. The standard InChI is InChI=1S/C71H77BN2/c1-46-39-63-65-64(40-46)74(60-36-34-51(67(5,6)7)42-55(60)47-29-31-48(32-30-47)66(2,3)4)62-45-57-56(68(8,9)37-38-69(57,10)11)44-59(62)72(65)58-35-33-53(71(14,15)50-25-20-17-21-26-50)43-61(58)73(63)54-28-22-27-52(41-54)70(12,13)49-23-18-16-19-24-49/h16-36,39-45H,37-38H2,1-15H3. The fourth-order valence-electron chi connectivity index (χ4n) is 12.8. The molecule has 0 aromatic heterocycles. The summed E-state index contributed by atoms with van der Waals surface area (Å²) in [4.78, 5) is 5.33. The van der Waals surface area contributed by atoms with Crippen LogP contribution < -0.4 is 26.2 Å². The lowest BCUT2D eigenvalue weighted by atomic mass is 9.33. The van der Waals surface area contributed by atoms with Gasteiger partial charge in [0, 0.05) is 44.8 Å². The zero-order chi connectivity index (χ0) is 52.5. The number of fused-ring (bicyclic) bond motifs is 5. The Balaban J connectivity index is 1.24. The largest absolute Gasteiger partial charge is 0.311 e. The van der Waals surface area contributed by atoms with Gasteiger partial charge in [0.15, 0.2) is 0 Å². The number of nitrogens with zero attached hydrogens (tertiary/aromatic N) is 2. The monoisotopic (exact) mass is 969 g/mol. The van der Waals surface area contributed by atoms with Crippen LogP contribution in [0.3, 0.4) is 0 Å². The summed E-state index contributed by atoms with van der Waals surface area (Å²) in [6, 6.07) is 66.1. The summed E-state index contributed by atoms with van der Waals surface area (Å²) >= 11 is 0. The van der Waals surface area contributed by atoms with E-state index in [4.69, 9.17) is 0 Å². The lowest BCUT2D eigenvalue weighted by Crippen LogP contribution is -2.62. The van der Waals surface area contributed by atoms with Crippen molar-refractivity contribution in [1.29, 1.82) is 0 Å². The Labute approximate surface area is 445 Å². The molecular weight excluding hydrogens is 892 g/mol. The van der Waals surface area contributed by atoms with Crippen molar-refractivity contribution in [2.24, 2.45) is 0 Å². The molecule has 0 spiro atoms. The van der Waals surface area contributed by atoms with Gasteiger partial charge in [-0.3, -0.25) is 0 Å². The van der Waals surface area contributed by atoms with E-state index in [0.29, 0.717) is 0 Å². The molecule has 8 aromatic carbocycles. The van der Waals surface area contributed by atoms with Crippen LogP contribution in [0.5, 0.6) is 0 Å². The summed E-state index contributed by atoms with van der Waals surface area (Å²) in [6.07, 6.45) is 2.31. The number of hydrogen-bond acceptors (Lipinski definition) is 2. The Kier molecular flexibility index (Phi) is 11.6. The van der Waals surface area contributed by atoms with Crippen LogP contribution in [-0.4, -0.2) is 6.71 Å². The lowest BCUT2D eigenvalue weighted by Gasteiger charge is -2.48. The molecule has 2 nitrogen and oxygen atoms in total. The van der Waals surface area contributed by atoms with Crippen LogP contribution >= 0.6 is 0 Å². The van der Waals surface area contributed by atoms with Crippen LogP contribution in [0.4, 0.5) is 34.1 Å². The van der Waals surface area contributed by atoms with Crippen molar-refractivity contribution < 1.29 is 0 Å². The molecule has 1 aliphatic carbocycles. The number of benzene rings is 8. The van der Waals surface area contributed by atoms with E-state index in [-0.39, 0.29) is 39.2 Å². The molecule has 0 bridgehead atoms. The maximum atomic E-state index is 2.69. The molecule has 374 valence electrons. The average molecular weight is 969 g/mol. The second-order valence-electron chi connectivity index (χ2n) is 26.7. The molecule has 0 fully saturated rings. The van der Waals surface area contributed by atoms with Crippen molar-refractivity contribution in [2.45, 2.75) is 149 Å². The molecule has 0 unspecified atom stereocenters. The molecule has 0 saturated carbocycles. The van der Waals surface area contributed by atoms with Crippen molar-refractivity contribution in [1.82, 2.24) is 0 Å². The third kappa shape index (κ3) is 8.16. The van der Waals surface area contributed by atoms with Crippen molar-refractivity contribution in [3.8, 4) is 11.1 Å². The summed E-state index contributed by atoms with van der Waals surface area (Å²) in [5.74, 6) is 0. The van der Waals surface area contributed by atoms with Crippen LogP contribution in [0.1, 0.15) is 160 Å². The predicted octanol–water partition coefficient (Wildman–Crippen LogP) is 17.3. The predicted molar refractivity (Wildman–Crippen MR) is 320 cm³/mol. The summed E-state index contributed by atoms with van der Waals surface area (Å²) in [7, 11) is 0. The van der Waals surface area contributed by atoms with E-state index in [1.54, 1.807) is 0 Å². The fourth-order valence-corrected chi connectivity index (χ4v) is 12.8. The van der Waals surface area contributed by atoms with Crippen molar-refractivity contribution >= 4 is 57.2 Å². The SMILES string of the molecule is Cc1cc2c3c(c1)N(c1ccc(C(C)(C)C)cc1-c1ccc(C(C)(C)C)cc1)c1cc4c(cc1B3c1ccc(C(C)(C)c3ccccc3)cc1N2c1cccc(C(C)(C)c2ccccc2)c1)C(C)(C)CCC4(C)C. The van der Waals surface area contributed by atoms with Crippen LogP contribution in [0.25, 0.3) is 11.1 Å². The van der Waals surface area contributed by atoms with Gasteiger partial charge in [0.25, 0.3) is 6.71 Å². The highest BCUT2D eigenvalue weighted by atomic mass is 15.2. The van der Waals surface area contributed by atoms with Crippen LogP contribution in [0, 0.1) is 6.92 Å². The summed E-state index contributed by atoms with van der Waals surface area (Å²) < 4.78 is 0. The molecule has 0 N–H and O–H groups in total. The Bertz CT molecular complexity index is 3470. The van der Waals surface area contributed by atoms with Gasteiger partial charge in [0.2, 0.25) is 0 Å². The first-order chi connectivity index (χ1) is 34.9. The summed E-state index contributed by atoms with van der Waals surface area (Å²) in [5, 5.41) is 0. The van der Waals surface area contributed by atoms with Gasteiger partial charge < -0.3 is 9.80 Å². The quantitative estimate of drug-likeness (QED) is 0.147. The molecule has 11 rings (SSSR count). The first kappa shape index (κ1) is 49.6. The normalized spacial score (nSPS) is 15.8. The lowest BCUT2D eigenvalue weighted by molar-refractivity contribution is 0.332. The highest BCUT2D eigenvalue weighted by Crippen LogP contribution is 2.53. The molecule has 0 radical (unpaired) electrons. The summed E-state index contributed by atoms with van der Waals surface area (Å²) in [5.41, 5.74) is 25.7. The van der Waals surface area contributed by atoms with Gasteiger partial charge in [-0.1, -0.05) is 218 Å². The fraction of sp³-hybridized carbons (Fsp3) is 0.324. The third-order valence-electron chi connectivity index (χ3n) is 17.9. The Morgan fingerprint density at radius 2 is 0.892 bits per heavy atom. The summed E-state index contributed by atoms with van der Waals surface area (Å²) in [6.45, 7) is 35.7. The van der Waals surface area contributed by atoms with Gasteiger partial charge in [0.05, 0.1) is 5.69 Å². The van der Waals surface area contributed by atoms with E-state index in [2.05, 4.69) is 284 Å². The van der Waals surface area contributed by atoms with Crippen molar-refractivity contribution in [3.05, 3.63) is 220 Å². The van der Waals surface area contributed by atoms with E-state index in [0.717, 1.165) is 12.8 Å². The molecule has 3 aliphatic rings. The van der Waals surface area contributed by atoms with Crippen LogP contribution in [-0.2, 0) is 32.5 Å². The number of hydrogen-bond donors (Lipinski definition) is 0. The van der Waals surface area contributed by atoms with Crippen molar-refractivity contribution in [2.75, 3.05) is 9.80 Å². The molecule has 3 heteroatoms. The molecule has 0 atom stereocenters. The van der Waals surface area contributed by atoms with E-state index in [9.17, 15) is 0 Å². The molecule has 2 aliphatic heterocycles. The number of anilines is 6. The highest BCUT2D eigenvalue weighted by Gasteiger charge is 2.47. The zero-order valence-corrected chi connectivity index (χ0v) is 47.1. The first-order valence-corrected chi connectivity index (χ1v) is 27.4. The first-order valence-electron chi connectivity index (χ1n) is 27.4. The van der Waals surface area contributed by atoms with E-state index < -0.39 is 0 Å². The van der Waals surface area contributed by atoms with E-state index >= 15 is 0 Å². The van der Waals surface area contributed by atoms with Gasteiger partial charge in [-0.15, -0.1) is 0 Å². The van der Waals surface area contributed by atoms with Gasteiger partial charge >= 0.3 is 0 Å². The van der Waals surface area contributed by atoms with Crippen LogP contribution in [0.15, 0.2) is 170 Å². The Morgan fingerprint density at radius 3 is 1.47 bits per heavy atom. The second kappa shape index (κ2) is 17.2. The number of rotatable bonds is 7. The van der Waals surface area contributed by atoms with Gasteiger partial charge in [-0.25, -0.2) is 0 Å². The molecular formula is C71H77BN2. The second-order valence-corrected chi connectivity index (χ2v) is 26.7. The molecule has 0 amide bonds. The topological polar surface area (TPSA) is 6.48 Å². The maximum Gasteiger partial charge on any atom is 0.252 e. The molecule has 8 aromatic rings. The van der Waals surface area contributed by atoms with Gasteiger partial charge in [0.1, 0.15) is 0 Å². The zero-order valence-electron chi connectivity index (χ0n) is 47.1. The third-order valence-corrected chi connectivity index (χ3v) is 17.9. The Hall–Kier alpha value is -6.58.